The van der Waals surface area contributed by atoms with Crippen molar-refractivity contribution in [2.45, 2.75) is 37.4 Å². The molecule has 1 aromatic carbocycles. The van der Waals surface area contributed by atoms with E-state index < -0.39 is 0 Å². The van der Waals surface area contributed by atoms with E-state index in [4.69, 9.17) is 12.2 Å². The third-order valence-electron chi connectivity index (χ3n) is 6.54. The Morgan fingerprint density at radius 1 is 1.19 bits per heavy atom. The van der Waals surface area contributed by atoms with E-state index in [1.165, 1.54) is 0 Å². The van der Waals surface area contributed by atoms with E-state index in [0.717, 1.165) is 44.8 Å². The second-order valence-corrected chi connectivity index (χ2v) is 9.14. The van der Waals surface area contributed by atoms with Gasteiger partial charge in [0.1, 0.15) is 0 Å². The lowest BCUT2D eigenvalue weighted by Gasteiger charge is -2.38. The van der Waals surface area contributed by atoms with Crippen LogP contribution in [0.1, 0.15) is 19.3 Å². The number of hydrogen-bond donors (Lipinski definition) is 3. The number of rotatable bonds is 5. The normalized spacial score (nSPS) is 26.8. The molecule has 31 heavy (non-hydrogen) atoms. The number of para-hydroxylation sites is 1. The fourth-order valence-corrected chi connectivity index (χ4v) is 5.01. The lowest BCUT2D eigenvalue weighted by Crippen LogP contribution is -2.58. The molecule has 0 radical (unpaired) electrons. The van der Waals surface area contributed by atoms with Crippen molar-refractivity contribution in [2.75, 3.05) is 51.6 Å². The summed E-state index contributed by atoms with van der Waals surface area (Å²) in [6.07, 6.45) is 2.01. The zero-order valence-electron chi connectivity index (χ0n) is 18.0. The standard InChI is InChI=1S/C22H32N6O2S/c1-26-9-11-27(12-10-26)20(29)8-7-18-14-23-21(30)19-13-17(15-28(18)19)25-22(31)24-16-5-3-2-4-6-16/h2-6,17-19H,7-15H2,1H3,(H,23,30)(H2,24,25,31)/t17-,18+,19-/m0/s1. The van der Waals surface area contributed by atoms with Crippen LogP contribution in [0.15, 0.2) is 30.3 Å². The van der Waals surface area contributed by atoms with Crippen LogP contribution < -0.4 is 16.0 Å². The highest BCUT2D eigenvalue weighted by Gasteiger charge is 2.43. The van der Waals surface area contributed by atoms with Crippen molar-refractivity contribution in [1.29, 1.82) is 0 Å². The van der Waals surface area contributed by atoms with Crippen molar-refractivity contribution in [3.8, 4) is 0 Å². The first kappa shape index (κ1) is 22.0. The molecular formula is C22H32N6O2S. The molecule has 3 saturated heterocycles. The zero-order chi connectivity index (χ0) is 21.8. The highest BCUT2D eigenvalue weighted by molar-refractivity contribution is 7.80. The quantitative estimate of drug-likeness (QED) is 0.570. The van der Waals surface area contributed by atoms with Crippen LogP contribution in [-0.4, -0.2) is 96.1 Å². The molecule has 0 saturated carbocycles. The Morgan fingerprint density at radius 3 is 2.68 bits per heavy atom. The number of benzene rings is 1. The van der Waals surface area contributed by atoms with Crippen LogP contribution in [0.2, 0.25) is 0 Å². The second kappa shape index (κ2) is 9.93. The monoisotopic (exact) mass is 444 g/mol. The molecule has 0 unspecified atom stereocenters. The Bertz CT molecular complexity index is 798. The number of anilines is 1. The molecule has 4 rings (SSSR count). The second-order valence-electron chi connectivity index (χ2n) is 8.73. The zero-order valence-corrected chi connectivity index (χ0v) is 18.9. The van der Waals surface area contributed by atoms with E-state index in [9.17, 15) is 9.59 Å². The molecule has 168 valence electrons. The third-order valence-corrected chi connectivity index (χ3v) is 6.76. The molecule has 0 spiro atoms. The summed E-state index contributed by atoms with van der Waals surface area (Å²) < 4.78 is 0. The van der Waals surface area contributed by atoms with Crippen molar-refractivity contribution in [3.05, 3.63) is 30.3 Å². The number of amides is 2. The number of nitrogens with zero attached hydrogens (tertiary/aromatic N) is 3. The van der Waals surface area contributed by atoms with Crippen LogP contribution in [0, 0.1) is 0 Å². The number of carbonyl (C=O) groups excluding carboxylic acids is 2. The van der Waals surface area contributed by atoms with E-state index in [1.807, 2.05) is 35.2 Å². The molecule has 0 aliphatic carbocycles. The van der Waals surface area contributed by atoms with Crippen molar-refractivity contribution < 1.29 is 9.59 Å². The predicted molar refractivity (Wildman–Crippen MR) is 125 cm³/mol. The molecule has 3 fully saturated rings. The lowest BCUT2D eigenvalue weighted by atomic mass is 10.0. The minimum Gasteiger partial charge on any atom is -0.358 e. The SMILES string of the molecule is CN1CCN(C(=O)CC[C@@H]2CNC(=O)[C@@H]3C[C@H](NC(=S)Nc4ccccc4)CN23)CC1. The first-order chi connectivity index (χ1) is 15.0. The summed E-state index contributed by atoms with van der Waals surface area (Å²) in [5, 5.41) is 10.2. The minimum absolute atomic E-state index is 0.0767. The molecule has 3 aliphatic rings. The molecule has 3 aliphatic heterocycles. The summed E-state index contributed by atoms with van der Waals surface area (Å²) in [6.45, 7) is 4.84. The molecule has 0 bridgehead atoms. The van der Waals surface area contributed by atoms with Gasteiger partial charge in [-0.05, 0) is 44.2 Å². The third kappa shape index (κ3) is 5.53. The largest absolute Gasteiger partial charge is 0.358 e. The number of thiocarbonyl (C=S) groups is 1. The van der Waals surface area contributed by atoms with Gasteiger partial charge in [-0.2, -0.15) is 0 Å². The summed E-state index contributed by atoms with van der Waals surface area (Å²) in [4.78, 5) is 31.6. The van der Waals surface area contributed by atoms with Crippen LogP contribution in [0.4, 0.5) is 5.69 Å². The van der Waals surface area contributed by atoms with Gasteiger partial charge in [0, 0.05) is 63.5 Å². The lowest BCUT2D eigenvalue weighted by molar-refractivity contribution is -0.133. The summed E-state index contributed by atoms with van der Waals surface area (Å²) in [7, 11) is 2.09. The molecular weight excluding hydrogens is 412 g/mol. The fraction of sp³-hybridized carbons (Fsp3) is 0.591. The van der Waals surface area contributed by atoms with Crippen LogP contribution >= 0.6 is 12.2 Å². The van der Waals surface area contributed by atoms with E-state index >= 15 is 0 Å². The molecule has 9 heteroatoms. The first-order valence-corrected chi connectivity index (χ1v) is 11.5. The smallest absolute Gasteiger partial charge is 0.237 e. The van der Waals surface area contributed by atoms with Crippen LogP contribution in [0.3, 0.4) is 0 Å². The van der Waals surface area contributed by atoms with Gasteiger partial charge in [-0.15, -0.1) is 0 Å². The summed E-state index contributed by atoms with van der Waals surface area (Å²) in [6, 6.07) is 9.94. The average Bonchev–Trinajstić information content (AvgIpc) is 3.19. The minimum atomic E-state index is -0.158. The Labute approximate surface area is 189 Å². The number of nitrogens with one attached hydrogen (secondary N) is 3. The summed E-state index contributed by atoms with van der Waals surface area (Å²) in [5.74, 6) is 0.302. The van der Waals surface area contributed by atoms with Crippen molar-refractivity contribution >= 4 is 34.8 Å². The Balaban J connectivity index is 1.28. The van der Waals surface area contributed by atoms with Gasteiger partial charge in [-0.3, -0.25) is 14.5 Å². The molecule has 2 amide bonds. The molecule has 3 atom stereocenters. The van der Waals surface area contributed by atoms with E-state index in [-0.39, 0.29) is 29.9 Å². The molecule has 3 heterocycles. The Morgan fingerprint density at radius 2 is 1.94 bits per heavy atom. The highest BCUT2D eigenvalue weighted by atomic mass is 32.1. The molecule has 1 aromatic rings. The highest BCUT2D eigenvalue weighted by Crippen LogP contribution is 2.26. The fourth-order valence-electron chi connectivity index (χ4n) is 4.73. The average molecular weight is 445 g/mol. The number of piperazine rings is 2. The van der Waals surface area contributed by atoms with Crippen LogP contribution in [-0.2, 0) is 9.59 Å². The molecule has 0 aromatic heterocycles. The maximum Gasteiger partial charge on any atom is 0.237 e. The number of hydrogen-bond acceptors (Lipinski definition) is 5. The van der Waals surface area contributed by atoms with Crippen molar-refractivity contribution in [1.82, 2.24) is 25.3 Å². The Kier molecular flexibility index (Phi) is 7.04. The van der Waals surface area contributed by atoms with Gasteiger partial charge in [0.05, 0.1) is 6.04 Å². The molecule has 8 nitrogen and oxygen atoms in total. The van der Waals surface area contributed by atoms with Gasteiger partial charge in [0.2, 0.25) is 11.8 Å². The first-order valence-electron chi connectivity index (χ1n) is 11.1. The van der Waals surface area contributed by atoms with Gasteiger partial charge < -0.3 is 25.8 Å². The van der Waals surface area contributed by atoms with Crippen LogP contribution in [0.25, 0.3) is 0 Å². The number of likely N-dealkylation sites (N-methyl/N-ethyl adjacent to an activating group) is 1. The van der Waals surface area contributed by atoms with Gasteiger partial charge in [0.15, 0.2) is 5.11 Å². The topological polar surface area (TPSA) is 79.9 Å². The maximum absolute atomic E-state index is 12.7. The van der Waals surface area contributed by atoms with E-state index in [2.05, 4.69) is 32.8 Å². The predicted octanol–water partition coefficient (Wildman–Crippen LogP) is 0.469. The maximum atomic E-state index is 12.7. The number of carbonyl (C=O) groups is 2. The van der Waals surface area contributed by atoms with Crippen molar-refractivity contribution in [2.24, 2.45) is 0 Å². The van der Waals surface area contributed by atoms with Gasteiger partial charge in [-0.25, -0.2) is 0 Å². The summed E-state index contributed by atoms with van der Waals surface area (Å²) in [5.41, 5.74) is 0.939. The van der Waals surface area contributed by atoms with E-state index in [0.29, 0.717) is 24.5 Å². The van der Waals surface area contributed by atoms with Crippen molar-refractivity contribution in [3.63, 3.8) is 0 Å². The summed E-state index contributed by atoms with van der Waals surface area (Å²) >= 11 is 5.47. The van der Waals surface area contributed by atoms with Gasteiger partial charge in [-0.1, -0.05) is 18.2 Å². The van der Waals surface area contributed by atoms with Gasteiger partial charge >= 0.3 is 0 Å². The number of fused-ring (bicyclic) bond motifs is 1. The van der Waals surface area contributed by atoms with Gasteiger partial charge in [0.25, 0.3) is 0 Å². The van der Waals surface area contributed by atoms with E-state index in [1.54, 1.807) is 0 Å². The van der Waals surface area contributed by atoms with Crippen LogP contribution in [0.5, 0.6) is 0 Å². The molecule has 3 N–H and O–H groups in total. The Hall–Kier alpha value is -2.23.